The highest BCUT2D eigenvalue weighted by Crippen LogP contribution is 2.30. The van der Waals surface area contributed by atoms with Gasteiger partial charge in [0.1, 0.15) is 0 Å². The number of hydrogen-bond donors (Lipinski definition) is 1. The van der Waals surface area contributed by atoms with Gasteiger partial charge in [-0.2, -0.15) is 0 Å². The third-order valence-electron chi connectivity index (χ3n) is 3.86. The molecular formula is C15H23N. The van der Waals surface area contributed by atoms with E-state index in [0.29, 0.717) is 6.04 Å². The molecule has 0 amide bonds. The van der Waals surface area contributed by atoms with Gasteiger partial charge in [0.25, 0.3) is 0 Å². The van der Waals surface area contributed by atoms with E-state index in [2.05, 4.69) is 44.3 Å². The van der Waals surface area contributed by atoms with Crippen LogP contribution in [0.4, 0.5) is 5.69 Å². The summed E-state index contributed by atoms with van der Waals surface area (Å²) >= 11 is 0. The second kappa shape index (κ2) is 4.90. The van der Waals surface area contributed by atoms with Gasteiger partial charge in [-0.1, -0.05) is 31.0 Å². The van der Waals surface area contributed by atoms with Gasteiger partial charge in [0.15, 0.2) is 0 Å². The van der Waals surface area contributed by atoms with E-state index >= 15 is 0 Å². The quantitative estimate of drug-likeness (QED) is 0.796. The molecule has 2 unspecified atom stereocenters. The van der Waals surface area contributed by atoms with Crippen LogP contribution in [0, 0.1) is 19.8 Å². The predicted molar refractivity (Wildman–Crippen MR) is 71.0 cm³/mol. The normalized spacial score (nSPS) is 24.7. The van der Waals surface area contributed by atoms with Crippen LogP contribution in [0.25, 0.3) is 0 Å². The third kappa shape index (κ3) is 2.58. The average Bonchev–Trinajstić information content (AvgIpc) is 2.70. The first kappa shape index (κ1) is 11.5. The van der Waals surface area contributed by atoms with Gasteiger partial charge in [-0.25, -0.2) is 0 Å². The van der Waals surface area contributed by atoms with Crippen LogP contribution in [0.5, 0.6) is 0 Å². The summed E-state index contributed by atoms with van der Waals surface area (Å²) in [5.74, 6) is 0.947. The maximum atomic E-state index is 3.70. The van der Waals surface area contributed by atoms with Crippen LogP contribution in [-0.2, 0) is 0 Å². The monoisotopic (exact) mass is 217 g/mol. The molecule has 0 saturated heterocycles. The summed E-state index contributed by atoms with van der Waals surface area (Å²) in [7, 11) is 0. The molecule has 2 atom stereocenters. The summed E-state index contributed by atoms with van der Waals surface area (Å²) in [5.41, 5.74) is 4.05. The van der Waals surface area contributed by atoms with Crippen LogP contribution in [0.15, 0.2) is 18.2 Å². The number of aryl methyl sites for hydroxylation is 2. The Labute approximate surface area is 99.3 Å². The van der Waals surface area contributed by atoms with Crippen LogP contribution in [0.3, 0.4) is 0 Å². The second-order valence-corrected chi connectivity index (χ2v) is 5.25. The molecule has 1 saturated carbocycles. The van der Waals surface area contributed by atoms with Gasteiger partial charge in [0.2, 0.25) is 0 Å². The Morgan fingerprint density at radius 3 is 2.69 bits per heavy atom. The maximum absolute atomic E-state index is 3.70. The highest BCUT2D eigenvalue weighted by Gasteiger charge is 2.23. The van der Waals surface area contributed by atoms with Crippen molar-refractivity contribution in [3.63, 3.8) is 0 Å². The van der Waals surface area contributed by atoms with Crippen LogP contribution in [0.1, 0.15) is 43.7 Å². The standard InChI is InChI=1S/C15H23N/c1-4-13-6-7-14(10-13)16-15-8-5-11(2)9-12(15)3/h5,8-9,13-14,16H,4,6-7,10H2,1-3H3. The van der Waals surface area contributed by atoms with Gasteiger partial charge in [-0.3, -0.25) is 0 Å². The molecule has 1 aliphatic carbocycles. The Morgan fingerprint density at radius 1 is 1.25 bits per heavy atom. The second-order valence-electron chi connectivity index (χ2n) is 5.25. The zero-order valence-corrected chi connectivity index (χ0v) is 10.7. The van der Waals surface area contributed by atoms with E-state index in [1.807, 2.05) is 0 Å². The molecular weight excluding hydrogens is 194 g/mol. The smallest absolute Gasteiger partial charge is 0.0372 e. The van der Waals surface area contributed by atoms with Gasteiger partial charge in [0.05, 0.1) is 0 Å². The first-order valence-corrected chi connectivity index (χ1v) is 6.53. The molecule has 88 valence electrons. The Hall–Kier alpha value is -0.980. The predicted octanol–water partition coefficient (Wildman–Crippen LogP) is 4.29. The van der Waals surface area contributed by atoms with Crippen molar-refractivity contribution in [1.82, 2.24) is 0 Å². The summed E-state index contributed by atoms with van der Waals surface area (Å²) in [6, 6.07) is 7.38. The molecule has 0 heterocycles. The number of hydrogen-bond acceptors (Lipinski definition) is 1. The largest absolute Gasteiger partial charge is 0.382 e. The number of nitrogens with one attached hydrogen (secondary N) is 1. The summed E-state index contributed by atoms with van der Waals surface area (Å²) < 4.78 is 0. The number of rotatable bonds is 3. The van der Waals surface area contributed by atoms with Crippen molar-refractivity contribution in [1.29, 1.82) is 0 Å². The van der Waals surface area contributed by atoms with E-state index in [0.717, 1.165) is 5.92 Å². The lowest BCUT2D eigenvalue weighted by atomic mass is 10.1. The van der Waals surface area contributed by atoms with Crippen molar-refractivity contribution in [3.8, 4) is 0 Å². The summed E-state index contributed by atoms with van der Waals surface area (Å²) in [5, 5.41) is 3.70. The topological polar surface area (TPSA) is 12.0 Å². The minimum absolute atomic E-state index is 0.700. The lowest BCUT2D eigenvalue weighted by Crippen LogP contribution is -2.16. The summed E-state index contributed by atoms with van der Waals surface area (Å²) in [6.07, 6.45) is 5.43. The molecule has 1 fully saturated rings. The van der Waals surface area contributed by atoms with Gasteiger partial charge in [-0.05, 0) is 50.7 Å². The molecule has 0 radical (unpaired) electrons. The van der Waals surface area contributed by atoms with E-state index in [4.69, 9.17) is 0 Å². The van der Waals surface area contributed by atoms with Gasteiger partial charge in [0, 0.05) is 11.7 Å². The molecule has 1 aromatic rings. The summed E-state index contributed by atoms with van der Waals surface area (Å²) in [6.45, 7) is 6.66. The van der Waals surface area contributed by atoms with Crippen LogP contribution in [-0.4, -0.2) is 6.04 Å². The maximum Gasteiger partial charge on any atom is 0.0372 e. The van der Waals surface area contributed by atoms with E-state index in [-0.39, 0.29) is 0 Å². The fraction of sp³-hybridized carbons (Fsp3) is 0.600. The van der Waals surface area contributed by atoms with Crippen molar-refractivity contribution in [2.24, 2.45) is 5.92 Å². The molecule has 0 bridgehead atoms. The van der Waals surface area contributed by atoms with Crippen molar-refractivity contribution < 1.29 is 0 Å². The zero-order chi connectivity index (χ0) is 11.5. The highest BCUT2D eigenvalue weighted by molar-refractivity contribution is 5.52. The molecule has 1 aromatic carbocycles. The molecule has 0 aliphatic heterocycles. The number of benzene rings is 1. The van der Waals surface area contributed by atoms with Crippen LogP contribution in [0.2, 0.25) is 0 Å². The minimum Gasteiger partial charge on any atom is -0.382 e. The van der Waals surface area contributed by atoms with Crippen molar-refractivity contribution in [2.75, 3.05) is 5.32 Å². The molecule has 1 N–H and O–H groups in total. The molecule has 2 rings (SSSR count). The SMILES string of the molecule is CCC1CCC(Nc2ccc(C)cc2C)C1. The lowest BCUT2D eigenvalue weighted by Gasteiger charge is -2.16. The van der Waals surface area contributed by atoms with E-state index in [1.54, 1.807) is 0 Å². The van der Waals surface area contributed by atoms with E-state index < -0.39 is 0 Å². The summed E-state index contributed by atoms with van der Waals surface area (Å²) in [4.78, 5) is 0. The Kier molecular flexibility index (Phi) is 3.52. The van der Waals surface area contributed by atoms with Crippen molar-refractivity contribution in [3.05, 3.63) is 29.3 Å². The highest BCUT2D eigenvalue weighted by atomic mass is 14.9. The van der Waals surface area contributed by atoms with Crippen LogP contribution >= 0.6 is 0 Å². The molecule has 1 nitrogen and oxygen atoms in total. The average molecular weight is 217 g/mol. The van der Waals surface area contributed by atoms with E-state index in [1.165, 1.54) is 42.5 Å². The van der Waals surface area contributed by atoms with Crippen LogP contribution < -0.4 is 5.32 Å². The zero-order valence-electron chi connectivity index (χ0n) is 10.7. The Morgan fingerprint density at radius 2 is 2.06 bits per heavy atom. The first-order valence-electron chi connectivity index (χ1n) is 6.53. The fourth-order valence-electron chi connectivity index (χ4n) is 2.77. The molecule has 1 aliphatic rings. The van der Waals surface area contributed by atoms with Crippen molar-refractivity contribution >= 4 is 5.69 Å². The molecule has 0 spiro atoms. The third-order valence-corrected chi connectivity index (χ3v) is 3.86. The molecule has 0 aromatic heterocycles. The van der Waals surface area contributed by atoms with Gasteiger partial charge >= 0.3 is 0 Å². The van der Waals surface area contributed by atoms with Crippen molar-refractivity contribution in [2.45, 2.75) is 52.5 Å². The Bertz CT molecular complexity index is 356. The van der Waals surface area contributed by atoms with Gasteiger partial charge < -0.3 is 5.32 Å². The fourth-order valence-corrected chi connectivity index (χ4v) is 2.77. The Balaban J connectivity index is 1.99. The van der Waals surface area contributed by atoms with Gasteiger partial charge in [-0.15, -0.1) is 0 Å². The first-order chi connectivity index (χ1) is 7.69. The molecule has 1 heteroatoms. The number of anilines is 1. The molecule has 16 heavy (non-hydrogen) atoms. The van der Waals surface area contributed by atoms with E-state index in [9.17, 15) is 0 Å². The minimum atomic E-state index is 0.700. The lowest BCUT2D eigenvalue weighted by molar-refractivity contribution is 0.525.